The summed E-state index contributed by atoms with van der Waals surface area (Å²) >= 11 is 0. The van der Waals surface area contributed by atoms with Gasteiger partial charge >= 0.3 is 0 Å². The van der Waals surface area contributed by atoms with Gasteiger partial charge in [-0.25, -0.2) is 0 Å². The maximum Gasteiger partial charge on any atom is 0.240 e. The maximum absolute atomic E-state index is 5.08. The Bertz CT molecular complexity index is 164. The smallest absolute Gasteiger partial charge is 0.240 e. The topological polar surface area (TPSA) is 26.0 Å². The average Bonchev–Trinajstić information content (AvgIpc) is 1.91. The van der Waals surface area contributed by atoms with E-state index in [1.165, 1.54) is 0 Å². The van der Waals surface area contributed by atoms with Gasteiger partial charge in [0.15, 0.2) is 6.61 Å². The van der Waals surface area contributed by atoms with Gasteiger partial charge in [-0.15, -0.1) is 0 Å². The summed E-state index contributed by atoms with van der Waals surface area (Å²) in [5.74, 6) is 0. The van der Waals surface area contributed by atoms with E-state index in [0.29, 0.717) is 6.61 Å². The van der Waals surface area contributed by atoms with Crippen LogP contribution >= 0.6 is 0 Å². The van der Waals surface area contributed by atoms with Crippen molar-refractivity contribution in [3.05, 3.63) is 24.8 Å². The third-order valence-corrected chi connectivity index (χ3v) is 0.877. The highest BCUT2D eigenvalue weighted by Crippen LogP contribution is 1.66. The summed E-state index contributed by atoms with van der Waals surface area (Å²) in [6.07, 6.45) is 6.86. The van der Waals surface area contributed by atoms with Crippen molar-refractivity contribution in [1.29, 1.82) is 0 Å². The zero-order valence-electron chi connectivity index (χ0n) is 5.32. The van der Waals surface area contributed by atoms with Crippen LogP contribution in [0.25, 0.3) is 0 Å². The highest BCUT2D eigenvalue weighted by molar-refractivity contribution is 4.61. The summed E-state index contributed by atoms with van der Waals surface area (Å²) in [6, 6.07) is 0. The van der Waals surface area contributed by atoms with Crippen LogP contribution in [-0.4, -0.2) is 11.6 Å². The number of aromatic nitrogens is 2. The molecule has 0 saturated heterocycles. The fourth-order valence-electron chi connectivity index (χ4n) is 0.543. The predicted molar refractivity (Wildman–Crippen MR) is 31.6 cm³/mol. The van der Waals surface area contributed by atoms with Crippen molar-refractivity contribution in [3.8, 4) is 0 Å². The molecule has 0 unspecified atom stereocenters. The number of hydrogen-bond acceptors (Lipinski definition) is 2. The minimum Gasteiger partial charge on any atom is -0.272 e. The Morgan fingerprint density at radius 1 is 1.44 bits per heavy atom. The predicted octanol–water partition coefficient (Wildman–Crippen LogP) is -0.182. The molecular weight excluding hydrogens is 116 g/mol. The van der Waals surface area contributed by atoms with Crippen molar-refractivity contribution in [3.63, 3.8) is 0 Å². The van der Waals surface area contributed by atoms with Crippen LogP contribution in [0.1, 0.15) is 6.92 Å². The number of nitrogens with zero attached hydrogens (tertiary/aromatic N) is 2. The summed E-state index contributed by atoms with van der Waals surface area (Å²) in [5, 5.41) is 0. The molecule has 1 aromatic rings. The maximum atomic E-state index is 5.08. The Hall–Kier alpha value is -1.12. The number of hydrogen-bond donors (Lipinski definition) is 0. The fraction of sp³-hybridized carbons (Fsp3) is 0.333. The summed E-state index contributed by atoms with van der Waals surface area (Å²) in [6.45, 7) is 2.61. The normalized spacial score (nSPS) is 9.00. The lowest BCUT2D eigenvalue weighted by Crippen LogP contribution is -2.41. The van der Waals surface area contributed by atoms with Crippen molar-refractivity contribution in [2.45, 2.75) is 6.92 Å². The molecule has 0 saturated carbocycles. The molecule has 1 aromatic heterocycles. The van der Waals surface area contributed by atoms with Crippen molar-refractivity contribution < 1.29 is 9.57 Å². The Morgan fingerprint density at radius 3 is 2.67 bits per heavy atom. The van der Waals surface area contributed by atoms with Crippen LogP contribution in [0, 0.1) is 0 Å². The summed E-state index contributed by atoms with van der Waals surface area (Å²) in [7, 11) is 0. The van der Waals surface area contributed by atoms with Gasteiger partial charge in [0.05, 0.1) is 12.4 Å². The lowest BCUT2D eigenvalue weighted by Gasteiger charge is -1.89. The zero-order valence-corrected chi connectivity index (χ0v) is 5.32. The monoisotopic (exact) mass is 125 g/mol. The minimum atomic E-state index is 0.675. The van der Waals surface area contributed by atoms with Gasteiger partial charge in [0.1, 0.15) is 0 Å². The van der Waals surface area contributed by atoms with Crippen LogP contribution in [0.5, 0.6) is 0 Å². The molecule has 0 N–H and O–H groups in total. The second-order valence-electron chi connectivity index (χ2n) is 1.52. The standard InChI is InChI=1S/C6H9N2O/c1-2-9-8-5-3-7-4-6-8/h3-6H,2H2,1H3/q+1. The van der Waals surface area contributed by atoms with Crippen molar-refractivity contribution in [2.24, 2.45) is 0 Å². The van der Waals surface area contributed by atoms with E-state index in [-0.39, 0.29) is 0 Å². The van der Waals surface area contributed by atoms with Crippen LogP contribution in [0.2, 0.25) is 0 Å². The minimum absolute atomic E-state index is 0.675. The van der Waals surface area contributed by atoms with Gasteiger partial charge < -0.3 is 0 Å². The SMILES string of the molecule is CCO[n+]1ccncc1. The van der Waals surface area contributed by atoms with Gasteiger partial charge in [0, 0.05) is 4.73 Å². The third-order valence-electron chi connectivity index (χ3n) is 0.877. The quantitative estimate of drug-likeness (QED) is 0.512. The Morgan fingerprint density at radius 2 is 2.11 bits per heavy atom. The van der Waals surface area contributed by atoms with Crippen LogP contribution in [0.15, 0.2) is 24.8 Å². The molecule has 0 amide bonds. The van der Waals surface area contributed by atoms with Gasteiger partial charge in [-0.1, -0.05) is 0 Å². The molecule has 48 valence electrons. The highest BCUT2D eigenvalue weighted by atomic mass is 16.7. The van der Waals surface area contributed by atoms with E-state index in [0.717, 1.165) is 0 Å². The van der Waals surface area contributed by atoms with E-state index in [4.69, 9.17) is 4.84 Å². The fourth-order valence-corrected chi connectivity index (χ4v) is 0.543. The molecule has 0 fully saturated rings. The zero-order chi connectivity index (χ0) is 6.53. The second kappa shape index (κ2) is 3.02. The lowest BCUT2D eigenvalue weighted by atomic mass is 10.8. The van der Waals surface area contributed by atoms with Crippen LogP contribution < -0.4 is 9.57 Å². The molecular formula is C6H9N2O+. The van der Waals surface area contributed by atoms with Gasteiger partial charge in [-0.2, -0.15) is 0 Å². The lowest BCUT2D eigenvalue weighted by molar-refractivity contribution is -0.891. The highest BCUT2D eigenvalue weighted by Gasteiger charge is 1.92. The van der Waals surface area contributed by atoms with Gasteiger partial charge in [-0.05, 0) is 6.92 Å². The molecule has 3 heteroatoms. The molecule has 0 radical (unpaired) electrons. The first-order valence-electron chi connectivity index (χ1n) is 2.88. The third kappa shape index (κ3) is 1.68. The van der Waals surface area contributed by atoms with E-state index >= 15 is 0 Å². The van der Waals surface area contributed by atoms with Crippen molar-refractivity contribution >= 4 is 0 Å². The van der Waals surface area contributed by atoms with E-state index in [1.807, 2.05) is 6.92 Å². The Kier molecular flexibility index (Phi) is 2.01. The van der Waals surface area contributed by atoms with Crippen LogP contribution in [-0.2, 0) is 0 Å². The first kappa shape index (κ1) is 6.01. The molecule has 0 atom stereocenters. The molecule has 0 spiro atoms. The molecule has 0 aliphatic carbocycles. The molecule has 0 aliphatic rings. The van der Waals surface area contributed by atoms with E-state index in [1.54, 1.807) is 29.5 Å². The molecule has 3 nitrogen and oxygen atoms in total. The van der Waals surface area contributed by atoms with Crippen molar-refractivity contribution in [2.75, 3.05) is 6.61 Å². The van der Waals surface area contributed by atoms with Gasteiger partial charge in [0.25, 0.3) is 0 Å². The first-order chi connectivity index (χ1) is 4.43. The summed E-state index contributed by atoms with van der Waals surface area (Å²) < 4.78 is 1.62. The van der Waals surface area contributed by atoms with Gasteiger partial charge in [-0.3, -0.25) is 9.82 Å². The van der Waals surface area contributed by atoms with Gasteiger partial charge in [0.2, 0.25) is 12.4 Å². The molecule has 0 aliphatic heterocycles. The molecule has 1 rings (SSSR count). The molecule has 0 aromatic carbocycles. The van der Waals surface area contributed by atoms with Crippen LogP contribution in [0.4, 0.5) is 0 Å². The largest absolute Gasteiger partial charge is 0.272 e. The van der Waals surface area contributed by atoms with Crippen LogP contribution in [0.3, 0.4) is 0 Å². The molecule has 9 heavy (non-hydrogen) atoms. The molecule has 0 bridgehead atoms. The van der Waals surface area contributed by atoms with E-state index in [2.05, 4.69) is 4.98 Å². The summed E-state index contributed by atoms with van der Waals surface area (Å²) in [4.78, 5) is 8.91. The van der Waals surface area contributed by atoms with E-state index in [9.17, 15) is 0 Å². The average molecular weight is 125 g/mol. The number of rotatable bonds is 2. The Labute approximate surface area is 53.9 Å². The van der Waals surface area contributed by atoms with E-state index < -0.39 is 0 Å². The first-order valence-corrected chi connectivity index (χ1v) is 2.88. The summed E-state index contributed by atoms with van der Waals surface area (Å²) in [5.41, 5.74) is 0. The second-order valence-corrected chi connectivity index (χ2v) is 1.52. The Balaban J connectivity index is 2.61. The molecule has 1 heterocycles. The van der Waals surface area contributed by atoms with Crippen molar-refractivity contribution in [1.82, 2.24) is 4.98 Å².